The molecular formula is C18H23N5O4S. The SMILES string of the molecule is CNS(=O)(=O)c1cc(C(=O)NNC(=O)CN2CCCc3ccccc32)n(C)c1. The van der Waals surface area contributed by atoms with Gasteiger partial charge in [0.1, 0.15) is 10.6 Å². The third-order valence-corrected chi connectivity index (χ3v) is 6.03. The van der Waals surface area contributed by atoms with Gasteiger partial charge in [0.05, 0.1) is 6.54 Å². The van der Waals surface area contributed by atoms with Crippen molar-refractivity contribution in [1.82, 2.24) is 20.1 Å². The van der Waals surface area contributed by atoms with Crippen LogP contribution in [0.15, 0.2) is 41.4 Å². The van der Waals surface area contributed by atoms with E-state index in [0.717, 1.165) is 25.1 Å². The lowest BCUT2D eigenvalue weighted by molar-refractivity contribution is -0.120. The zero-order valence-electron chi connectivity index (χ0n) is 15.7. The third-order valence-electron chi connectivity index (χ3n) is 4.65. The molecule has 0 saturated heterocycles. The van der Waals surface area contributed by atoms with E-state index < -0.39 is 15.9 Å². The van der Waals surface area contributed by atoms with Gasteiger partial charge in [0.25, 0.3) is 11.8 Å². The minimum Gasteiger partial charge on any atom is -0.362 e. The molecule has 0 unspecified atom stereocenters. The summed E-state index contributed by atoms with van der Waals surface area (Å²) in [7, 11) is -0.813. The van der Waals surface area contributed by atoms with E-state index in [1.807, 2.05) is 29.2 Å². The monoisotopic (exact) mass is 405 g/mol. The molecule has 0 bridgehead atoms. The van der Waals surface area contributed by atoms with Gasteiger partial charge in [-0.25, -0.2) is 13.1 Å². The van der Waals surface area contributed by atoms with Gasteiger partial charge >= 0.3 is 0 Å². The summed E-state index contributed by atoms with van der Waals surface area (Å²) in [5, 5.41) is 0. The number of sulfonamides is 1. The summed E-state index contributed by atoms with van der Waals surface area (Å²) in [4.78, 5) is 26.5. The molecule has 1 aliphatic heterocycles. The van der Waals surface area contributed by atoms with Crippen LogP contribution in [0.4, 0.5) is 5.69 Å². The average Bonchev–Trinajstić information content (AvgIpc) is 3.09. The number of rotatable bonds is 5. The molecule has 10 heteroatoms. The number of carbonyl (C=O) groups is 2. The van der Waals surface area contributed by atoms with Crippen molar-refractivity contribution >= 4 is 27.5 Å². The predicted octanol–water partition coefficient (Wildman–Crippen LogP) is 0.147. The fourth-order valence-electron chi connectivity index (χ4n) is 3.20. The summed E-state index contributed by atoms with van der Waals surface area (Å²) in [6.45, 7) is 0.880. The number of hydrogen-bond donors (Lipinski definition) is 3. The summed E-state index contributed by atoms with van der Waals surface area (Å²) >= 11 is 0. The van der Waals surface area contributed by atoms with Crippen molar-refractivity contribution in [3.63, 3.8) is 0 Å². The zero-order chi connectivity index (χ0) is 20.3. The lowest BCUT2D eigenvalue weighted by Crippen LogP contribution is -2.47. The Morgan fingerprint density at radius 2 is 1.93 bits per heavy atom. The highest BCUT2D eigenvalue weighted by molar-refractivity contribution is 7.89. The van der Waals surface area contributed by atoms with E-state index in [4.69, 9.17) is 0 Å². The topological polar surface area (TPSA) is 113 Å². The Labute approximate surface area is 163 Å². The number of hydrogen-bond acceptors (Lipinski definition) is 5. The number of benzene rings is 1. The molecule has 3 rings (SSSR count). The highest BCUT2D eigenvalue weighted by Crippen LogP contribution is 2.26. The maximum absolute atomic E-state index is 12.3. The molecule has 9 nitrogen and oxygen atoms in total. The smallest absolute Gasteiger partial charge is 0.286 e. The Balaban J connectivity index is 1.61. The number of amides is 2. The molecule has 2 amide bonds. The highest BCUT2D eigenvalue weighted by Gasteiger charge is 2.21. The fourth-order valence-corrected chi connectivity index (χ4v) is 4.00. The molecule has 3 N–H and O–H groups in total. The summed E-state index contributed by atoms with van der Waals surface area (Å²) < 4.78 is 27.3. The highest BCUT2D eigenvalue weighted by atomic mass is 32.2. The number of hydrazine groups is 1. The van der Waals surface area contributed by atoms with Crippen LogP contribution in [0.2, 0.25) is 0 Å². The minimum atomic E-state index is -3.66. The second-order valence-electron chi connectivity index (χ2n) is 6.54. The molecule has 1 aliphatic rings. The van der Waals surface area contributed by atoms with Gasteiger partial charge in [-0.15, -0.1) is 0 Å². The van der Waals surface area contributed by atoms with Crippen molar-refractivity contribution in [2.24, 2.45) is 7.05 Å². The number of aromatic nitrogens is 1. The first-order valence-electron chi connectivity index (χ1n) is 8.84. The quantitative estimate of drug-likeness (QED) is 0.613. The molecule has 0 aliphatic carbocycles. The summed E-state index contributed by atoms with van der Waals surface area (Å²) in [6.07, 6.45) is 3.27. The second-order valence-corrected chi connectivity index (χ2v) is 8.42. The summed E-state index contributed by atoms with van der Waals surface area (Å²) in [5.41, 5.74) is 7.06. The van der Waals surface area contributed by atoms with Crippen LogP contribution in [0.5, 0.6) is 0 Å². The van der Waals surface area contributed by atoms with E-state index in [9.17, 15) is 18.0 Å². The molecule has 2 aromatic rings. The number of nitrogens with one attached hydrogen (secondary N) is 3. The summed E-state index contributed by atoms with van der Waals surface area (Å²) in [6, 6.07) is 9.18. The van der Waals surface area contributed by atoms with Crippen molar-refractivity contribution in [2.45, 2.75) is 17.7 Å². The first-order chi connectivity index (χ1) is 13.3. The normalized spacial score (nSPS) is 13.7. The van der Waals surface area contributed by atoms with Crippen LogP contribution in [-0.2, 0) is 28.3 Å². The third kappa shape index (κ3) is 4.18. The van der Waals surface area contributed by atoms with E-state index in [0.29, 0.717) is 0 Å². The second kappa shape index (κ2) is 8.03. The standard InChI is InChI=1S/C18H23N5O4S/c1-19-28(26,27)14-10-16(22(2)11-14)18(25)21-20-17(24)12-23-9-5-7-13-6-3-4-8-15(13)23/h3-4,6,8,10-11,19H,5,7,9,12H2,1-2H3,(H,20,24)(H,21,25). The number of aryl methyl sites for hydroxylation is 2. The zero-order valence-corrected chi connectivity index (χ0v) is 16.5. The number of para-hydroxylation sites is 1. The Morgan fingerprint density at radius 3 is 2.68 bits per heavy atom. The van der Waals surface area contributed by atoms with E-state index in [1.165, 1.54) is 29.4 Å². The number of fused-ring (bicyclic) bond motifs is 1. The lowest BCUT2D eigenvalue weighted by Gasteiger charge is -2.30. The van der Waals surface area contributed by atoms with Gasteiger partial charge in [-0.2, -0.15) is 0 Å². The Kier molecular flexibility index (Phi) is 5.71. The van der Waals surface area contributed by atoms with Gasteiger partial charge in [0.15, 0.2) is 0 Å². The van der Waals surface area contributed by atoms with Gasteiger partial charge in [0, 0.05) is 25.5 Å². The van der Waals surface area contributed by atoms with Gasteiger partial charge in [-0.05, 0) is 37.6 Å². The molecule has 0 fully saturated rings. The average molecular weight is 405 g/mol. The number of carbonyl (C=O) groups excluding carboxylic acids is 2. The van der Waals surface area contributed by atoms with Gasteiger partial charge in [-0.3, -0.25) is 20.4 Å². The van der Waals surface area contributed by atoms with Crippen molar-refractivity contribution in [1.29, 1.82) is 0 Å². The molecule has 28 heavy (non-hydrogen) atoms. The van der Waals surface area contributed by atoms with Gasteiger partial charge < -0.3 is 9.47 Å². The number of anilines is 1. The Hall–Kier alpha value is -2.85. The predicted molar refractivity (Wildman–Crippen MR) is 104 cm³/mol. The first kappa shape index (κ1) is 19.9. The molecule has 0 saturated carbocycles. The Bertz CT molecular complexity index is 999. The van der Waals surface area contributed by atoms with Crippen molar-refractivity contribution < 1.29 is 18.0 Å². The minimum absolute atomic E-state index is 0.0288. The van der Waals surface area contributed by atoms with Gasteiger partial charge in [0.2, 0.25) is 10.0 Å². The fraction of sp³-hybridized carbons (Fsp3) is 0.333. The lowest BCUT2D eigenvalue weighted by atomic mass is 10.0. The molecule has 0 atom stereocenters. The van der Waals surface area contributed by atoms with Crippen LogP contribution >= 0.6 is 0 Å². The van der Waals surface area contributed by atoms with Crippen LogP contribution in [0.3, 0.4) is 0 Å². The molecule has 0 spiro atoms. The molecule has 2 heterocycles. The van der Waals surface area contributed by atoms with Crippen LogP contribution < -0.4 is 20.5 Å². The van der Waals surface area contributed by atoms with Crippen LogP contribution in [-0.4, -0.2) is 44.9 Å². The molecule has 1 aromatic carbocycles. The largest absolute Gasteiger partial charge is 0.362 e. The van der Waals surface area contributed by atoms with Crippen LogP contribution in [0, 0.1) is 0 Å². The van der Waals surface area contributed by atoms with Crippen molar-refractivity contribution in [3.8, 4) is 0 Å². The molecule has 0 radical (unpaired) electrons. The van der Waals surface area contributed by atoms with Gasteiger partial charge in [-0.1, -0.05) is 18.2 Å². The van der Waals surface area contributed by atoms with Crippen molar-refractivity contribution in [3.05, 3.63) is 47.8 Å². The molecule has 150 valence electrons. The van der Waals surface area contributed by atoms with Crippen molar-refractivity contribution in [2.75, 3.05) is 25.0 Å². The van der Waals surface area contributed by atoms with E-state index in [1.54, 1.807) is 7.05 Å². The maximum atomic E-state index is 12.3. The van der Waals surface area contributed by atoms with Crippen LogP contribution in [0.25, 0.3) is 0 Å². The van der Waals surface area contributed by atoms with E-state index in [2.05, 4.69) is 15.6 Å². The Morgan fingerprint density at radius 1 is 1.18 bits per heavy atom. The van der Waals surface area contributed by atoms with E-state index in [-0.39, 0.29) is 23.0 Å². The molecular weight excluding hydrogens is 382 g/mol. The number of nitrogens with zero attached hydrogens (tertiary/aromatic N) is 2. The van der Waals surface area contributed by atoms with Crippen LogP contribution in [0.1, 0.15) is 22.5 Å². The first-order valence-corrected chi connectivity index (χ1v) is 10.3. The van der Waals surface area contributed by atoms with E-state index >= 15 is 0 Å². The summed E-state index contributed by atoms with van der Waals surface area (Å²) in [5.74, 6) is -0.963. The molecule has 1 aromatic heterocycles. The maximum Gasteiger partial charge on any atom is 0.286 e.